The van der Waals surface area contributed by atoms with Gasteiger partial charge in [0.2, 0.25) is 5.89 Å². The fraction of sp³-hybridized carbons (Fsp3) is 0.500. The number of nitrogens with one attached hydrogen (secondary N) is 2. The quantitative estimate of drug-likeness (QED) is 0.741. The normalized spacial score (nSPS) is 20.5. The summed E-state index contributed by atoms with van der Waals surface area (Å²) in [4.78, 5) is 11.0. The van der Waals surface area contributed by atoms with E-state index in [0.29, 0.717) is 12.1 Å². The van der Waals surface area contributed by atoms with Crippen LogP contribution in [0.3, 0.4) is 0 Å². The van der Waals surface area contributed by atoms with Gasteiger partial charge in [-0.3, -0.25) is 0 Å². The van der Waals surface area contributed by atoms with E-state index in [0.717, 1.165) is 31.7 Å². The molecule has 4 N–H and O–H groups in total. The van der Waals surface area contributed by atoms with Crippen molar-refractivity contribution in [3.63, 3.8) is 0 Å². The fourth-order valence-electron chi connectivity index (χ4n) is 3.07. The van der Waals surface area contributed by atoms with Crippen molar-refractivity contribution < 1.29 is 17.6 Å². The molecule has 1 aromatic carbocycles. The SMILES string of the molecule is Cl.N[C@H]1CC[C@H](CNc2cc(-c3n[nH]c(=O)o3)ccc2C(F)(F)F)CC1. The van der Waals surface area contributed by atoms with Crippen LogP contribution in [-0.4, -0.2) is 22.8 Å². The van der Waals surface area contributed by atoms with Gasteiger partial charge in [-0.2, -0.15) is 13.2 Å². The third-order valence-corrected chi connectivity index (χ3v) is 4.48. The molecule has 1 fully saturated rings. The minimum absolute atomic E-state index is 0. The van der Waals surface area contributed by atoms with Crippen LogP contribution in [-0.2, 0) is 6.18 Å². The number of anilines is 1. The van der Waals surface area contributed by atoms with Gasteiger partial charge < -0.3 is 15.5 Å². The number of hydrogen-bond acceptors (Lipinski definition) is 5. The molecule has 0 aliphatic heterocycles. The molecule has 3 rings (SSSR count). The van der Waals surface area contributed by atoms with Gasteiger partial charge in [-0.1, -0.05) is 0 Å². The summed E-state index contributed by atoms with van der Waals surface area (Å²) < 4.78 is 44.6. The molecule has 1 heterocycles. The topological polar surface area (TPSA) is 96.9 Å². The van der Waals surface area contributed by atoms with Crippen molar-refractivity contribution in [1.29, 1.82) is 0 Å². The highest BCUT2D eigenvalue weighted by atomic mass is 35.5. The molecule has 144 valence electrons. The van der Waals surface area contributed by atoms with Crippen LogP contribution in [0.1, 0.15) is 31.2 Å². The predicted octanol–water partition coefficient (Wildman–Crippen LogP) is 3.40. The Labute approximate surface area is 153 Å². The number of aromatic amines is 1. The minimum Gasteiger partial charge on any atom is -0.388 e. The van der Waals surface area contributed by atoms with Crippen LogP contribution in [0.15, 0.2) is 27.4 Å². The molecule has 1 saturated carbocycles. The van der Waals surface area contributed by atoms with E-state index < -0.39 is 17.5 Å². The maximum atomic E-state index is 13.3. The van der Waals surface area contributed by atoms with Crippen molar-refractivity contribution in [1.82, 2.24) is 10.2 Å². The maximum Gasteiger partial charge on any atom is 0.434 e. The molecule has 1 aromatic heterocycles. The highest BCUT2D eigenvalue weighted by Gasteiger charge is 2.34. The molecule has 0 bridgehead atoms. The van der Waals surface area contributed by atoms with E-state index in [-0.39, 0.29) is 35.9 Å². The Kier molecular flexibility index (Phi) is 6.35. The molecular formula is C16H20ClF3N4O2. The van der Waals surface area contributed by atoms with Gasteiger partial charge in [0.15, 0.2) is 0 Å². The molecule has 0 atom stereocenters. The van der Waals surface area contributed by atoms with Crippen molar-refractivity contribution in [3.8, 4) is 11.5 Å². The van der Waals surface area contributed by atoms with Gasteiger partial charge in [0, 0.05) is 23.8 Å². The number of benzene rings is 1. The smallest absolute Gasteiger partial charge is 0.388 e. The summed E-state index contributed by atoms with van der Waals surface area (Å²) in [5, 5.41) is 8.65. The molecule has 0 saturated heterocycles. The number of rotatable bonds is 4. The van der Waals surface area contributed by atoms with E-state index in [1.807, 2.05) is 0 Å². The standard InChI is InChI=1S/C16H19F3N4O2.ClH/c17-16(18,19)12-6-3-10(14-22-23-15(24)25-14)7-13(12)21-8-9-1-4-11(20)5-2-9;/h3,6-7,9,11,21H,1-2,4-5,8,20H2,(H,23,24);1H/t9-,11-;. The molecule has 2 aromatic rings. The highest BCUT2D eigenvalue weighted by molar-refractivity contribution is 5.85. The third-order valence-electron chi connectivity index (χ3n) is 4.48. The van der Waals surface area contributed by atoms with Crippen LogP contribution >= 0.6 is 12.4 Å². The first kappa shape index (κ1) is 20.3. The molecule has 0 unspecified atom stereocenters. The Bertz CT molecular complexity index is 782. The fourth-order valence-corrected chi connectivity index (χ4v) is 3.07. The summed E-state index contributed by atoms with van der Waals surface area (Å²) >= 11 is 0. The lowest BCUT2D eigenvalue weighted by Crippen LogP contribution is -2.29. The average molecular weight is 393 g/mol. The van der Waals surface area contributed by atoms with Crippen molar-refractivity contribution >= 4 is 18.1 Å². The van der Waals surface area contributed by atoms with Crippen LogP contribution < -0.4 is 16.8 Å². The molecule has 6 nitrogen and oxygen atoms in total. The van der Waals surface area contributed by atoms with Crippen LogP contribution in [0.5, 0.6) is 0 Å². The summed E-state index contributed by atoms with van der Waals surface area (Å²) in [6.07, 6.45) is -0.928. The molecule has 1 aliphatic rings. The highest BCUT2D eigenvalue weighted by Crippen LogP contribution is 2.37. The number of alkyl halides is 3. The predicted molar refractivity (Wildman–Crippen MR) is 93.2 cm³/mol. The molecule has 26 heavy (non-hydrogen) atoms. The maximum absolute atomic E-state index is 13.3. The second-order valence-electron chi connectivity index (χ2n) is 6.34. The molecule has 1 aliphatic carbocycles. The largest absolute Gasteiger partial charge is 0.434 e. The second-order valence-corrected chi connectivity index (χ2v) is 6.34. The summed E-state index contributed by atoms with van der Waals surface area (Å²) in [6, 6.07) is 3.68. The lowest BCUT2D eigenvalue weighted by atomic mass is 9.86. The summed E-state index contributed by atoms with van der Waals surface area (Å²) in [5.74, 6) is -0.527. The Balaban J connectivity index is 0.00000243. The van der Waals surface area contributed by atoms with E-state index >= 15 is 0 Å². The van der Waals surface area contributed by atoms with Gasteiger partial charge in [0.05, 0.1) is 5.56 Å². The van der Waals surface area contributed by atoms with Crippen molar-refractivity contribution in [2.24, 2.45) is 11.7 Å². The van der Waals surface area contributed by atoms with E-state index in [2.05, 4.69) is 15.5 Å². The first-order chi connectivity index (χ1) is 11.8. The van der Waals surface area contributed by atoms with E-state index in [9.17, 15) is 18.0 Å². The van der Waals surface area contributed by atoms with E-state index in [1.54, 1.807) is 0 Å². The number of hydrogen-bond donors (Lipinski definition) is 3. The minimum atomic E-state index is -4.48. The number of aromatic nitrogens is 2. The Morgan fingerprint density at radius 3 is 2.54 bits per heavy atom. The summed E-state index contributed by atoms with van der Waals surface area (Å²) in [7, 11) is 0. The molecule has 10 heteroatoms. The van der Waals surface area contributed by atoms with Gasteiger partial charge in [-0.15, -0.1) is 17.5 Å². The van der Waals surface area contributed by atoms with Gasteiger partial charge in [-0.25, -0.2) is 9.89 Å². The average Bonchev–Trinajstić information content (AvgIpc) is 3.00. The molecule has 0 spiro atoms. The zero-order valence-electron chi connectivity index (χ0n) is 13.8. The van der Waals surface area contributed by atoms with Gasteiger partial charge in [0.1, 0.15) is 0 Å². The van der Waals surface area contributed by atoms with Crippen LogP contribution in [0, 0.1) is 5.92 Å². The van der Waals surface area contributed by atoms with Crippen molar-refractivity contribution in [3.05, 3.63) is 34.3 Å². The van der Waals surface area contributed by atoms with Gasteiger partial charge in [0.25, 0.3) is 0 Å². The third kappa shape index (κ3) is 4.79. The van der Waals surface area contributed by atoms with Crippen LogP contribution in [0.25, 0.3) is 11.5 Å². The molecule has 0 radical (unpaired) electrons. The number of nitrogens with zero attached hydrogens (tertiary/aromatic N) is 1. The van der Waals surface area contributed by atoms with Gasteiger partial charge >= 0.3 is 11.9 Å². The van der Waals surface area contributed by atoms with Crippen molar-refractivity contribution in [2.45, 2.75) is 37.9 Å². The zero-order chi connectivity index (χ0) is 18.0. The van der Waals surface area contributed by atoms with Crippen molar-refractivity contribution in [2.75, 3.05) is 11.9 Å². The number of nitrogens with two attached hydrogens (primary N) is 1. The first-order valence-corrected chi connectivity index (χ1v) is 8.09. The van der Waals surface area contributed by atoms with Crippen LogP contribution in [0.4, 0.5) is 18.9 Å². The Morgan fingerprint density at radius 1 is 1.27 bits per heavy atom. The van der Waals surface area contributed by atoms with Gasteiger partial charge in [-0.05, 0) is 49.8 Å². The summed E-state index contributed by atoms with van der Waals surface area (Å²) in [5.41, 5.74) is 5.34. The molecular weight excluding hydrogens is 373 g/mol. The molecule has 0 amide bonds. The first-order valence-electron chi connectivity index (χ1n) is 8.09. The van der Waals surface area contributed by atoms with E-state index in [1.165, 1.54) is 12.1 Å². The Morgan fingerprint density at radius 2 is 1.96 bits per heavy atom. The Hall–Kier alpha value is -2.00. The van der Waals surface area contributed by atoms with E-state index in [4.69, 9.17) is 10.2 Å². The second kappa shape index (κ2) is 8.13. The summed E-state index contributed by atoms with van der Waals surface area (Å²) in [6.45, 7) is 0.434. The zero-order valence-corrected chi connectivity index (χ0v) is 14.6. The lowest BCUT2D eigenvalue weighted by molar-refractivity contribution is -0.136. The number of H-pyrrole nitrogens is 1. The lowest BCUT2D eigenvalue weighted by Gasteiger charge is -2.27. The monoisotopic (exact) mass is 392 g/mol. The van der Waals surface area contributed by atoms with Crippen LogP contribution in [0.2, 0.25) is 0 Å². The number of halogens is 4.